The number of aldehydes is 1. The zero-order valence-electron chi connectivity index (χ0n) is 10.2. The van der Waals surface area contributed by atoms with Gasteiger partial charge in [-0.05, 0) is 50.7 Å². The predicted octanol–water partition coefficient (Wildman–Crippen LogP) is 3.85. The van der Waals surface area contributed by atoms with Gasteiger partial charge in [-0.1, -0.05) is 35.9 Å². The Morgan fingerprint density at radius 1 is 1.19 bits per heavy atom. The van der Waals surface area contributed by atoms with Crippen molar-refractivity contribution in [2.24, 2.45) is 0 Å². The van der Waals surface area contributed by atoms with Crippen molar-refractivity contribution in [3.63, 3.8) is 0 Å². The zero-order chi connectivity index (χ0) is 11.8. The fraction of sp³-hybridized carbons (Fsp3) is 0.400. The van der Waals surface area contributed by atoms with Crippen molar-refractivity contribution >= 4 is 6.29 Å². The summed E-state index contributed by atoms with van der Waals surface area (Å²) in [5.74, 6) is 0. The summed E-state index contributed by atoms with van der Waals surface area (Å²) in [6.07, 6.45) is 7.41. The van der Waals surface area contributed by atoms with E-state index in [1.807, 2.05) is 13.0 Å². The van der Waals surface area contributed by atoms with E-state index in [4.69, 9.17) is 0 Å². The number of unbranched alkanes of at least 4 members (excludes halogenated alkanes) is 2. The van der Waals surface area contributed by atoms with E-state index in [0.717, 1.165) is 31.1 Å². The molecule has 0 amide bonds. The highest BCUT2D eigenvalue weighted by Crippen LogP contribution is 2.09. The Morgan fingerprint density at radius 2 is 1.88 bits per heavy atom. The number of benzene rings is 1. The van der Waals surface area contributed by atoms with Gasteiger partial charge in [0.25, 0.3) is 0 Å². The van der Waals surface area contributed by atoms with Gasteiger partial charge in [0.1, 0.15) is 6.29 Å². The van der Waals surface area contributed by atoms with Crippen molar-refractivity contribution in [2.45, 2.75) is 39.5 Å². The number of rotatable bonds is 6. The summed E-state index contributed by atoms with van der Waals surface area (Å²) >= 11 is 0. The van der Waals surface area contributed by atoms with Crippen LogP contribution in [0.25, 0.3) is 0 Å². The first-order chi connectivity index (χ1) is 7.72. The highest BCUT2D eigenvalue weighted by Gasteiger charge is 1.93. The number of carbonyl (C=O) groups excluding carboxylic acids is 1. The summed E-state index contributed by atoms with van der Waals surface area (Å²) in [4.78, 5) is 10.4. The molecular weight excluding hydrogens is 196 g/mol. The Balaban J connectivity index is 2.21. The molecule has 0 aromatic heterocycles. The van der Waals surface area contributed by atoms with Crippen molar-refractivity contribution in [3.05, 3.63) is 47.0 Å². The summed E-state index contributed by atoms with van der Waals surface area (Å²) in [5.41, 5.74) is 3.56. The summed E-state index contributed by atoms with van der Waals surface area (Å²) in [6.45, 7) is 3.96. The van der Waals surface area contributed by atoms with Crippen LogP contribution in [0.15, 0.2) is 35.9 Å². The fourth-order valence-electron chi connectivity index (χ4n) is 1.61. The van der Waals surface area contributed by atoms with Crippen LogP contribution in [0.2, 0.25) is 0 Å². The van der Waals surface area contributed by atoms with Crippen LogP contribution in [0.3, 0.4) is 0 Å². The molecule has 0 N–H and O–H groups in total. The standard InChI is InChI=1S/C15H20O/c1-13-8-10-15(11-9-13)7-5-3-4-6-14(2)12-16/h6,8-12H,3-5,7H2,1-2H3/b14-6-. The number of aryl methyl sites for hydroxylation is 2. The van der Waals surface area contributed by atoms with Crippen LogP contribution in [0.4, 0.5) is 0 Å². The molecule has 0 aliphatic rings. The van der Waals surface area contributed by atoms with E-state index in [1.54, 1.807) is 0 Å². The van der Waals surface area contributed by atoms with Gasteiger partial charge in [0, 0.05) is 0 Å². The number of hydrogen-bond donors (Lipinski definition) is 0. The van der Waals surface area contributed by atoms with Crippen LogP contribution < -0.4 is 0 Å². The molecule has 86 valence electrons. The number of hydrogen-bond acceptors (Lipinski definition) is 1. The number of allylic oxidation sites excluding steroid dienone is 2. The van der Waals surface area contributed by atoms with Crippen molar-refractivity contribution in [2.75, 3.05) is 0 Å². The first-order valence-electron chi connectivity index (χ1n) is 5.90. The van der Waals surface area contributed by atoms with Crippen LogP contribution in [0, 0.1) is 6.92 Å². The summed E-state index contributed by atoms with van der Waals surface area (Å²) in [5, 5.41) is 0. The minimum absolute atomic E-state index is 0.843. The molecule has 1 aromatic rings. The van der Waals surface area contributed by atoms with Crippen LogP contribution in [0.1, 0.15) is 37.3 Å². The SMILES string of the molecule is C/C(C=O)=C/CCCCc1ccc(C)cc1. The Hall–Kier alpha value is -1.37. The first kappa shape index (κ1) is 12.7. The third-order valence-electron chi connectivity index (χ3n) is 2.69. The smallest absolute Gasteiger partial charge is 0.145 e. The molecule has 0 aliphatic heterocycles. The van der Waals surface area contributed by atoms with Crippen LogP contribution >= 0.6 is 0 Å². The van der Waals surface area contributed by atoms with Gasteiger partial charge < -0.3 is 0 Å². The third kappa shape index (κ3) is 4.92. The molecular formula is C15H20O. The van der Waals surface area contributed by atoms with E-state index in [-0.39, 0.29) is 0 Å². The molecule has 0 saturated carbocycles. The second kappa shape index (κ2) is 7.00. The van der Waals surface area contributed by atoms with Crippen molar-refractivity contribution in [3.8, 4) is 0 Å². The van der Waals surface area contributed by atoms with Crippen molar-refractivity contribution < 1.29 is 4.79 Å². The van der Waals surface area contributed by atoms with Gasteiger partial charge in [0.15, 0.2) is 0 Å². The molecule has 0 fully saturated rings. The molecule has 1 rings (SSSR count). The van der Waals surface area contributed by atoms with Crippen LogP contribution in [0.5, 0.6) is 0 Å². The van der Waals surface area contributed by atoms with Crippen LogP contribution in [-0.2, 0) is 11.2 Å². The summed E-state index contributed by atoms with van der Waals surface area (Å²) < 4.78 is 0. The average Bonchev–Trinajstić information content (AvgIpc) is 2.31. The minimum atomic E-state index is 0.843. The lowest BCUT2D eigenvalue weighted by atomic mass is 10.1. The average molecular weight is 216 g/mol. The minimum Gasteiger partial charge on any atom is -0.298 e. The maximum Gasteiger partial charge on any atom is 0.145 e. The Kier molecular flexibility index (Phi) is 5.55. The molecule has 16 heavy (non-hydrogen) atoms. The summed E-state index contributed by atoms with van der Waals surface area (Å²) in [6, 6.07) is 8.71. The van der Waals surface area contributed by atoms with E-state index in [1.165, 1.54) is 17.5 Å². The molecule has 0 aliphatic carbocycles. The van der Waals surface area contributed by atoms with Gasteiger partial charge in [-0.2, -0.15) is 0 Å². The molecule has 1 aromatic carbocycles. The Labute approximate surface area is 98.2 Å². The highest BCUT2D eigenvalue weighted by atomic mass is 16.1. The van der Waals surface area contributed by atoms with Gasteiger partial charge >= 0.3 is 0 Å². The topological polar surface area (TPSA) is 17.1 Å². The van der Waals surface area contributed by atoms with Gasteiger partial charge in [0.2, 0.25) is 0 Å². The molecule has 1 heteroatoms. The lowest BCUT2D eigenvalue weighted by Crippen LogP contribution is -1.86. The Bertz CT molecular complexity index is 346. The van der Waals surface area contributed by atoms with Crippen molar-refractivity contribution in [1.82, 2.24) is 0 Å². The lowest BCUT2D eigenvalue weighted by Gasteiger charge is -2.01. The quantitative estimate of drug-likeness (QED) is 0.401. The lowest BCUT2D eigenvalue weighted by molar-refractivity contribution is -0.104. The first-order valence-corrected chi connectivity index (χ1v) is 5.90. The number of carbonyl (C=O) groups is 1. The van der Waals surface area contributed by atoms with E-state index >= 15 is 0 Å². The van der Waals surface area contributed by atoms with Gasteiger partial charge in [0.05, 0.1) is 0 Å². The summed E-state index contributed by atoms with van der Waals surface area (Å²) in [7, 11) is 0. The van der Waals surface area contributed by atoms with E-state index < -0.39 is 0 Å². The predicted molar refractivity (Wildman–Crippen MR) is 68.6 cm³/mol. The molecule has 0 unspecified atom stereocenters. The normalized spacial score (nSPS) is 11.5. The largest absolute Gasteiger partial charge is 0.298 e. The van der Waals surface area contributed by atoms with Gasteiger partial charge in [-0.15, -0.1) is 0 Å². The monoisotopic (exact) mass is 216 g/mol. The van der Waals surface area contributed by atoms with Gasteiger partial charge in [-0.3, -0.25) is 4.79 Å². The second-order valence-corrected chi connectivity index (χ2v) is 4.30. The highest BCUT2D eigenvalue weighted by molar-refractivity contribution is 5.71. The molecule has 1 nitrogen and oxygen atoms in total. The molecule has 0 bridgehead atoms. The molecule has 0 saturated heterocycles. The molecule has 0 atom stereocenters. The van der Waals surface area contributed by atoms with E-state index in [0.29, 0.717) is 0 Å². The maximum absolute atomic E-state index is 10.4. The second-order valence-electron chi connectivity index (χ2n) is 4.30. The Morgan fingerprint density at radius 3 is 2.50 bits per heavy atom. The molecule has 0 radical (unpaired) electrons. The van der Waals surface area contributed by atoms with E-state index in [9.17, 15) is 4.79 Å². The van der Waals surface area contributed by atoms with Crippen LogP contribution in [-0.4, -0.2) is 6.29 Å². The fourth-order valence-corrected chi connectivity index (χ4v) is 1.61. The molecule has 0 spiro atoms. The zero-order valence-corrected chi connectivity index (χ0v) is 10.2. The maximum atomic E-state index is 10.4. The molecule has 0 heterocycles. The van der Waals surface area contributed by atoms with Gasteiger partial charge in [-0.25, -0.2) is 0 Å². The van der Waals surface area contributed by atoms with Crippen molar-refractivity contribution in [1.29, 1.82) is 0 Å². The third-order valence-corrected chi connectivity index (χ3v) is 2.69. The van der Waals surface area contributed by atoms with E-state index in [2.05, 4.69) is 31.2 Å².